The second kappa shape index (κ2) is 5.65. The van der Waals surface area contributed by atoms with Gasteiger partial charge in [0, 0.05) is 12.7 Å². The first-order chi connectivity index (χ1) is 7.50. The number of carbonyl (C=O) groups is 1. The van der Waals surface area contributed by atoms with Crippen LogP contribution in [0.2, 0.25) is 0 Å². The molecule has 1 aromatic rings. The normalized spacial score (nSPS) is 12.8. The van der Waals surface area contributed by atoms with Crippen LogP contribution in [-0.2, 0) is 11.3 Å². The summed E-state index contributed by atoms with van der Waals surface area (Å²) in [7, 11) is 0. The Kier molecular flexibility index (Phi) is 4.49. The fourth-order valence-electron chi connectivity index (χ4n) is 1.30. The van der Waals surface area contributed by atoms with Crippen LogP contribution in [0.1, 0.15) is 19.4 Å². The molecule has 0 aromatic carbocycles. The van der Waals surface area contributed by atoms with E-state index in [1.807, 2.05) is 27.0 Å². The van der Waals surface area contributed by atoms with Crippen molar-refractivity contribution in [2.75, 3.05) is 6.54 Å². The molecular weight excluding hydrogens is 204 g/mol. The zero-order valence-corrected chi connectivity index (χ0v) is 10.1. The highest BCUT2D eigenvalue weighted by molar-refractivity contribution is 5.81. The average molecular weight is 224 g/mol. The summed E-state index contributed by atoms with van der Waals surface area (Å²) in [5.41, 5.74) is 6.83. The third-order valence-corrected chi connectivity index (χ3v) is 2.42. The molecule has 5 nitrogen and oxygen atoms in total. The van der Waals surface area contributed by atoms with Crippen molar-refractivity contribution >= 4 is 5.91 Å². The first-order valence-corrected chi connectivity index (χ1v) is 5.53. The molecular formula is C11H20N4O. The number of hydrogen-bond acceptors (Lipinski definition) is 3. The molecule has 5 heteroatoms. The molecule has 0 aliphatic heterocycles. The zero-order chi connectivity index (χ0) is 12.1. The van der Waals surface area contributed by atoms with Crippen molar-refractivity contribution in [1.82, 2.24) is 15.1 Å². The van der Waals surface area contributed by atoms with E-state index in [4.69, 9.17) is 5.73 Å². The van der Waals surface area contributed by atoms with Gasteiger partial charge in [0.15, 0.2) is 0 Å². The summed E-state index contributed by atoms with van der Waals surface area (Å²) >= 11 is 0. The van der Waals surface area contributed by atoms with Gasteiger partial charge in [-0.1, -0.05) is 13.8 Å². The predicted molar refractivity (Wildman–Crippen MR) is 62.8 cm³/mol. The smallest absolute Gasteiger partial charge is 0.237 e. The number of hydrogen-bond donors (Lipinski definition) is 2. The second-order valence-corrected chi connectivity index (χ2v) is 4.34. The van der Waals surface area contributed by atoms with Crippen LogP contribution in [0.5, 0.6) is 0 Å². The van der Waals surface area contributed by atoms with Gasteiger partial charge in [-0.3, -0.25) is 9.48 Å². The van der Waals surface area contributed by atoms with E-state index in [1.165, 1.54) is 0 Å². The highest BCUT2D eigenvalue weighted by atomic mass is 16.2. The van der Waals surface area contributed by atoms with Gasteiger partial charge in [0.1, 0.15) is 0 Å². The molecule has 0 saturated heterocycles. The number of nitrogens with two attached hydrogens (primary N) is 1. The average Bonchev–Trinajstić information content (AvgIpc) is 2.62. The Balaban J connectivity index is 2.28. The molecule has 1 unspecified atom stereocenters. The monoisotopic (exact) mass is 224 g/mol. The number of carbonyl (C=O) groups excluding carboxylic acids is 1. The predicted octanol–water partition coefficient (Wildman–Crippen LogP) is 0.291. The summed E-state index contributed by atoms with van der Waals surface area (Å²) < 4.78 is 1.80. The molecule has 0 spiro atoms. The van der Waals surface area contributed by atoms with Gasteiger partial charge < -0.3 is 11.1 Å². The fourth-order valence-corrected chi connectivity index (χ4v) is 1.30. The molecule has 1 heterocycles. The quantitative estimate of drug-likeness (QED) is 0.755. The Morgan fingerprint density at radius 3 is 2.81 bits per heavy atom. The van der Waals surface area contributed by atoms with E-state index >= 15 is 0 Å². The molecule has 1 atom stereocenters. The van der Waals surface area contributed by atoms with E-state index in [9.17, 15) is 4.79 Å². The maximum atomic E-state index is 11.5. The first-order valence-electron chi connectivity index (χ1n) is 5.53. The summed E-state index contributed by atoms with van der Waals surface area (Å²) in [6.45, 7) is 7.07. The third-order valence-electron chi connectivity index (χ3n) is 2.42. The lowest BCUT2D eigenvalue weighted by Crippen LogP contribution is -2.44. The van der Waals surface area contributed by atoms with Crippen molar-refractivity contribution in [3.8, 4) is 0 Å². The topological polar surface area (TPSA) is 72.9 Å². The molecule has 3 N–H and O–H groups in total. The van der Waals surface area contributed by atoms with Crippen LogP contribution in [-0.4, -0.2) is 28.3 Å². The van der Waals surface area contributed by atoms with E-state index in [0.717, 1.165) is 5.56 Å². The van der Waals surface area contributed by atoms with Crippen LogP contribution in [0.25, 0.3) is 0 Å². The number of aromatic nitrogens is 2. The van der Waals surface area contributed by atoms with Gasteiger partial charge in [0.2, 0.25) is 5.91 Å². The lowest BCUT2D eigenvalue weighted by molar-refractivity contribution is -0.123. The summed E-state index contributed by atoms with van der Waals surface area (Å²) in [5.74, 6) is 0.0609. The molecule has 0 radical (unpaired) electrons. The highest BCUT2D eigenvalue weighted by Crippen LogP contribution is 1.97. The lowest BCUT2D eigenvalue weighted by Gasteiger charge is -2.15. The number of amides is 1. The molecule has 0 aliphatic rings. The van der Waals surface area contributed by atoms with Gasteiger partial charge in [0.05, 0.1) is 18.8 Å². The van der Waals surface area contributed by atoms with Crippen molar-refractivity contribution in [2.24, 2.45) is 11.7 Å². The minimum Gasteiger partial charge on any atom is -0.353 e. The Morgan fingerprint density at radius 2 is 2.31 bits per heavy atom. The SMILES string of the molecule is Cc1cnn(CCNC(=O)C(N)C(C)C)c1. The first kappa shape index (κ1) is 12.7. The Hall–Kier alpha value is -1.36. The van der Waals surface area contributed by atoms with E-state index in [0.29, 0.717) is 13.1 Å². The highest BCUT2D eigenvalue weighted by Gasteiger charge is 2.16. The van der Waals surface area contributed by atoms with Gasteiger partial charge >= 0.3 is 0 Å². The summed E-state index contributed by atoms with van der Waals surface area (Å²) in [5, 5.41) is 6.92. The standard InChI is InChI=1S/C11H20N4O/c1-8(2)10(12)11(16)13-4-5-15-7-9(3)6-14-15/h6-8,10H,4-5,12H2,1-3H3,(H,13,16). The molecule has 0 fully saturated rings. The Morgan fingerprint density at radius 1 is 1.62 bits per heavy atom. The molecule has 1 aromatic heterocycles. The number of rotatable bonds is 5. The van der Waals surface area contributed by atoms with E-state index < -0.39 is 6.04 Å². The van der Waals surface area contributed by atoms with Crippen LogP contribution in [0.3, 0.4) is 0 Å². The third kappa shape index (κ3) is 3.66. The minimum atomic E-state index is -0.431. The molecule has 0 aliphatic carbocycles. The molecule has 1 amide bonds. The van der Waals surface area contributed by atoms with Crippen LogP contribution < -0.4 is 11.1 Å². The van der Waals surface area contributed by atoms with Crippen molar-refractivity contribution in [3.63, 3.8) is 0 Å². The number of nitrogens with zero attached hydrogens (tertiary/aromatic N) is 2. The summed E-state index contributed by atoms with van der Waals surface area (Å²) in [6.07, 6.45) is 3.73. The van der Waals surface area contributed by atoms with E-state index in [-0.39, 0.29) is 11.8 Å². The van der Waals surface area contributed by atoms with Crippen molar-refractivity contribution in [3.05, 3.63) is 18.0 Å². The Labute approximate surface area is 96.0 Å². The summed E-state index contributed by atoms with van der Waals surface area (Å²) in [4.78, 5) is 11.5. The maximum Gasteiger partial charge on any atom is 0.237 e. The van der Waals surface area contributed by atoms with E-state index in [2.05, 4.69) is 10.4 Å². The largest absolute Gasteiger partial charge is 0.353 e. The number of nitrogens with one attached hydrogen (secondary N) is 1. The maximum absolute atomic E-state index is 11.5. The van der Waals surface area contributed by atoms with Crippen molar-refractivity contribution in [2.45, 2.75) is 33.4 Å². The van der Waals surface area contributed by atoms with Gasteiger partial charge in [0.25, 0.3) is 0 Å². The molecule has 16 heavy (non-hydrogen) atoms. The minimum absolute atomic E-state index is 0.0983. The van der Waals surface area contributed by atoms with Crippen LogP contribution in [0.4, 0.5) is 0 Å². The van der Waals surface area contributed by atoms with Gasteiger partial charge in [-0.05, 0) is 18.4 Å². The fraction of sp³-hybridized carbons (Fsp3) is 0.636. The lowest BCUT2D eigenvalue weighted by atomic mass is 10.1. The van der Waals surface area contributed by atoms with Crippen LogP contribution >= 0.6 is 0 Å². The second-order valence-electron chi connectivity index (χ2n) is 4.34. The number of aryl methyl sites for hydroxylation is 1. The molecule has 0 bridgehead atoms. The van der Waals surface area contributed by atoms with Crippen molar-refractivity contribution < 1.29 is 4.79 Å². The molecule has 1 rings (SSSR count). The molecule has 90 valence electrons. The van der Waals surface area contributed by atoms with Crippen molar-refractivity contribution in [1.29, 1.82) is 0 Å². The van der Waals surface area contributed by atoms with E-state index in [1.54, 1.807) is 10.9 Å². The zero-order valence-electron chi connectivity index (χ0n) is 10.1. The van der Waals surface area contributed by atoms with Crippen LogP contribution in [0, 0.1) is 12.8 Å². The van der Waals surface area contributed by atoms with Gasteiger partial charge in [-0.15, -0.1) is 0 Å². The Bertz CT molecular complexity index is 346. The van der Waals surface area contributed by atoms with Crippen LogP contribution in [0.15, 0.2) is 12.4 Å². The van der Waals surface area contributed by atoms with Gasteiger partial charge in [-0.2, -0.15) is 5.10 Å². The summed E-state index contributed by atoms with van der Waals surface area (Å²) in [6, 6.07) is -0.431. The van der Waals surface area contributed by atoms with Gasteiger partial charge in [-0.25, -0.2) is 0 Å². The molecule has 0 saturated carbocycles.